The number of benzene rings is 3. The summed E-state index contributed by atoms with van der Waals surface area (Å²) in [7, 11) is 0. The van der Waals surface area contributed by atoms with Gasteiger partial charge in [-0.15, -0.1) is 0 Å². The van der Waals surface area contributed by atoms with Crippen LogP contribution < -0.4 is 16.4 Å². The molecule has 0 aliphatic carbocycles. The first-order valence-electron chi connectivity index (χ1n) is 10.8. The molecule has 7 nitrogen and oxygen atoms in total. The van der Waals surface area contributed by atoms with Gasteiger partial charge in [0.2, 0.25) is 11.8 Å². The SMILES string of the molecule is NC(=O)[C@H](Cc1ccc(Cl)cc1)NC(=O)[C@H](Cc1ccccc1)NC(=O)OCc1ccccc1. The van der Waals surface area contributed by atoms with Crippen LogP contribution in [0.15, 0.2) is 84.9 Å². The molecule has 3 rings (SSSR count). The molecule has 0 aromatic heterocycles. The van der Waals surface area contributed by atoms with Gasteiger partial charge >= 0.3 is 6.09 Å². The van der Waals surface area contributed by atoms with Crippen molar-refractivity contribution in [2.75, 3.05) is 0 Å². The molecule has 0 heterocycles. The monoisotopic (exact) mass is 479 g/mol. The predicted molar refractivity (Wildman–Crippen MR) is 130 cm³/mol. The van der Waals surface area contributed by atoms with E-state index in [1.54, 1.807) is 24.3 Å². The highest BCUT2D eigenvalue weighted by atomic mass is 35.5. The standard InChI is InChI=1S/C26H26ClN3O4/c27-21-13-11-19(12-14-21)15-22(24(28)31)29-25(32)23(16-18-7-3-1-4-8-18)30-26(33)34-17-20-9-5-2-6-10-20/h1-14,22-23H,15-17H2,(H2,28,31)(H,29,32)(H,30,33)/t22-,23-/m0/s1. The molecule has 0 fully saturated rings. The smallest absolute Gasteiger partial charge is 0.408 e. The third-order valence-electron chi connectivity index (χ3n) is 5.12. The molecule has 0 bridgehead atoms. The van der Waals surface area contributed by atoms with Crippen LogP contribution in [0.2, 0.25) is 5.02 Å². The number of carbonyl (C=O) groups excluding carboxylic acids is 3. The molecule has 8 heteroatoms. The van der Waals surface area contributed by atoms with Crippen molar-refractivity contribution in [2.24, 2.45) is 5.73 Å². The van der Waals surface area contributed by atoms with E-state index in [0.717, 1.165) is 16.7 Å². The fourth-order valence-corrected chi connectivity index (χ4v) is 3.44. The fraction of sp³-hybridized carbons (Fsp3) is 0.192. The number of rotatable bonds is 10. The second-order valence-corrected chi connectivity index (χ2v) is 8.18. The minimum Gasteiger partial charge on any atom is -0.445 e. The van der Waals surface area contributed by atoms with Crippen LogP contribution in [-0.4, -0.2) is 30.0 Å². The van der Waals surface area contributed by atoms with Crippen molar-refractivity contribution in [1.82, 2.24) is 10.6 Å². The maximum absolute atomic E-state index is 13.1. The highest BCUT2D eigenvalue weighted by Crippen LogP contribution is 2.12. The van der Waals surface area contributed by atoms with Crippen LogP contribution >= 0.6 is 11.6 Å². The zero-order valence-corrected chi connectivity index (χ0v) is 19.2. The van der Waals surface area contributed by atoms with E-state index in [2.05, 4.69) is 10.6 Å². The minimum absolute atomic E-state index is 0.0623. The van der Waals surface area contributed by atoms with E-state index in [1.165, 1.54) is 0 Å². The minimum atomic E-state index is -0.974. The summed E-state index contributed by atoms with van der Waals surface area (Å²) in [5, 5.41) is 5.83. The average Bonchev–Trinajstić information content (AvgIpc) is 2.84. The summed E-state index contributed by atoms with van der Waals surface area (Å²) in [5.41, 5.74) is 7.97. The molecule has 3 aromatic carbocycles. The maximum atomic E-state index is 13.1. The Morgan fingerprint density at radius 1 is 0.735 bits per heavy atom. The van der Waals surface area contributed by atoms with Crippen LogP contribution in [0.3, 0.4) is 0 Å². The number of amides is 3. The van der Waals surface area contributed by atoms with Crippen molar-refractivity contribution in [3.05, 3.63) is 107 Å². The van der Waals surface area contributed by atoms with Crippen molar-refractivity contribution in [1.29, 1.82) is 0 Å². The van der Waals surface area contributed by atoms with E-state index in [-0.39, 0.29) is 19.4 Å². The van der Waals surface area contributed by atoms with E-state index in [9.17, 15) is 14.4 Å². The number of halogens is 1. The number of ether oxygens (including phenoxy) is 1. The third-order valence-corrected chi connectivity index (χ3v) is 5.37. The molecular formula is C26H26ClN3O4. The van der Waals surface area contributed by atoms with Gasteiger partial charge in [-0.2, -0.15) is 0 Å². The number of hydrogen-bond donors (Lipinski definition) is 3. The highest BCUT2D eigenvalue weighted by Gasteiger charge is 2.26. The molecule has 4 N–H and O–H groups in total. The zero-order chi connectivity index (χ0) is 24.3. The highest BCUT2D eigenvalue weighted by molar-refractivity contribution is 6.30. The fourth-order valence-electron chi connectivity index (χ4n) is 3.32. The van der Waals surface area contributed by atoms with E-state index < -0.39 is 30.0 Å². The van der Waals surface area contributed by atoms with Gasteiger partial charge in [0, 0.05) is 17.9 Å². The normalized spacial score (nSPS) is 12.3. The summed E-state index contributed by atoms with van der Waals surface area (Å²) in [6.07, 6.45) is -0.345. The first-order valence-corrected chi connectivity index (χ1v) is 11.1. The quantitative estimate of drug-likeness (QED) is 0.414. The van der Waals surface area contributed by atoms with E-state index >= 15 is 0 Å². The molecule has 0 unspecified atom stereocenters. The number of nitrogens with two attached hydrogens (primary N) is 1. The molecule has 0 aliphatic heterocycles. The molecule has 176 valence electrons. The van der Waals surface area contributed by atoms with Crippen molar-refractivity contribution >= 4 is 29.5 Å². The average molecular weight is 480 g/mol. The van der Waals surface area contributed by atoms with Crippen molar-refractivity contribution in [2.45, 2.75) is 31.5 Å². The number of carbonyl (C=O) groups is 3. The number of primary amides is 1. The molecule has 0 saturated carbocycles. The second-order valence-electron chi connectivity index (χ2n) is 7.74. The Morgan fingerprint density at radius 2 is 1.26 bits per heavy atom. The molecule has 0 spiro atoms. The lowest BCUT2D eigenvalue weighted by Gasteiger charge is -2.22. The van der Waals surface area contributed by atoms with Gasteiger partial charge < -0.3 is 21.1 Å². The van der Waals surface area contributed by atoms with Gasteiger partial charge in [-0.1, -0.05) is 84.4 Å². The molecule has 34 heavy (non-hydrogen) atoms. The Kier molecular flexibility index (Phi) is 9.05. The molecule has 0 saturated heterocycles. The lowest BCUT2D eigenvalue weighted by Crippen LogP contribution is -2.54. The van der Waals surface area contributed by atoms with Crippen LogP contribution in [0.4, 0.5) is 4.79 Å². The third kappa shape index (κ3) is 7.94. The van der Waals surface area contributed by atoms with Crippen LogP contribution in [0.25, 0.3) is 0 Å². The molecule has 3 aromatic rings. The van der Waals surface area contributed by atoms with Gasteiger partial charge in [-0.25, -0.2) is 4.79 Å². The largest absolute Gasteiger partial charge is 0.445 e. The lowest BCUT2D eigenvalue weighted by molar-refractivity contribution is -0.128. The summed E-state index contributed by atoms with van der Waals surface area (Å²) in [6, 6.07) is 23.4. The van der Waals surface area contributed by atoms with E-state index in [1.807, 2.05) is 60.7 Å². The van der Waals surface area contributed by atoms with Gasteiger partial charge in [-0.3, -0.25) is 9.59 Å². The molecular weight excluding hydrogens is 454 g/mol. The molecule has 0 aliphatic rings. The van der Waals surface area contributed by atoms with E-state index in [0.29, 0.717) is 5.02 Å². The lowest BCUT2D eigenvalue weighted by atomic mass is 10.0. The van der Waals surface area contributed by atoms with Gasteiger partial charge in [0.25, 0.3) is 0 Å². The van der Waals surface area contributed by atoms with Crippen LogP contribution in [0.5, 0.6) is 0 Å². The summed E-state index contributed by atoms with van der Waals surface area (Å²) >= 11 is 5.91. The van der Waals surface area contributed by atoms with Crippen molar-refractivity contribution in [3.63, 3.8) is 0 Å². The summed E-state index contributed by atoms with van der Waals surface area (Å²) < 4.78 is 5.27. The summed E-state index contributed by atoms with van der Waals surface area (Å²) in [4.78, 5) is 37.6. The van der Waals surface area contributed by atoms with Gasteiger partial charge in [0.15, 0.2) is 0 Å². The first-order chi connectivity index (χ1) is 16.4. The maximum Gasteiger partial charge on any atom is 0.408 e. The Morgan fingerprint density at radius 3 is 1.85 bits per heavy atom. The number of alkyl carbamates (subject to hydrolysis) is 1. The van der Waals surface area contributed by atoms with Crippen molar-refractivity contribution in [3.8, 4) is 0 Å². The molecule has 2 atom stereocenters. The Balaban J connectivity index is 1.68. The Hall–Kier alpha value is -3.84. The topological polar surface area (TPSA) is 111 Å². The van der Waals surface area contributed by atoms with Crippen LogP contribution in [0.1, 0.15) is 16.7 Å². The van der Waals surface area contributed by atoms with Crippen LogP contribution in [-0.2, 0) is 33.8 Å². The van der Waals surface area contributed by atoms with Crippen LogP contribution in [0, 0.1) is 0 Å². The second kappa shape index (κ2) is 12.4. The number of nitrogens with one attached hydrogen (secondary N) is 2. The summed E-state index contributed by atoms with van der Waals surface area (Å²) in [6.45, 7) is 0.0623. The Labute approximate surface area is 203 Å². The first kappa shape index (κ1) is 24.8. The Bertz CT molecular complexity index is 1090. The van der Waals surface area contributed by atoms with Gasteiger partial charge in [-0.05, 0) is 28.8 Å². The number of hydrogen-bond acceptors (Lipinski definition) is 4. The summed E-state index contributed by atoms with van der Waals surface area (Å²) in [5.74, 6) is -1.23. The predicted octanol–water partition coefficient (Wildman–Crippen LogP) is 3.39. The van der Waals surface area contributed by atoms with Crippen molar-refractivity contribution < 1.29 is 19.1 Å². The van der Waals surface area contributed by atoms with Gasteiger partial charge in [0.1, 0.15) is 18.7 Å². The molecule has 0 radical (unpaired) electrons. The van der Waals surface area contributed by atoms with E-state index in [4.69, 9.17) is 22.1 Å². The molecule has 3 amide bonds. The van der Waals surface area contributed by atoms with Gasteiger partial charge in [0.05, 0.1) is 0 Å². The zero-order valence-electron chi connectivity index (χ0n) is 18.4.